The Morgan fingerprint density at radius 2 is 1.90 bits per heavy atom. The first-order valence-corrected chi connectivity index (χ1v) is 15.9. The van der Waals surface area contributed by atoms with Crippen LogP contribution in [-0.4, -0.2) is 88.5 Å². The van der Waals surface area contributed by atoms with Crippen LogP contribution < -0.4 is 16.5 Å². The smallest absolute Gasteiger partial charge is 0.273 e. The number of likely N-dealkylation sites (tertiary alicyclic amines) is 1. The van der Waals surface area contributed by atoms with Crippen molar-refractivity contribution in [1.82, 2.24) is 19.2 Å². The summed E-state index contributed by atoms with van der Waals surface area (Å²) in [6.45, 7) is 5.03. The molecule has 2 aliphatic heterocycles. The second kappa shape index (κ2) is 11.8. The van der Waals surface area contributed by atoms with Crippen LogP contribution in [0.3, 0.4) is 0 Å². The summed E-state index contributed by atoms with van der Waals surface area (Å²) in [6, 6.07) is 8.53. The maximum atomic E-state index is 16.0. The predicted molar refractivity (Wildman–Crippen MR) is 177 cm³/mol. The highest BCUT2D eigenvalue weighted by atomic mass is 19.1. The molecule has 3 aromatic carbocycles. The predicted octanol–water partition coefficient (Wildman–Crippen LogP) is 4.34. The zero-order valence-corrected chi connectivity index (χ0v) is 25.8. The van der Waals surface area contributed by atoms with Crippen molar-refractivity contribution in [3.63, 3.8) is 0 Å². The van der Waals surface area contributed by atoms with E-state index in [9.17, 15) is 19.7 Å². The quantitative estimate of drug-likeness (QED) is 0.0736. The summed E-state index contributed by atoms with van der Waals surface area (Å²) < 4.78 is 35.5. The van der Waals surface area contributed by atoms with Gasteiger partial charge in [0.2, 0.25) is 5.43 Å². The van der Waals surface area contributed by atoms with Crippen LogP contribution in [0.2, 0.25) is 0 Å². The molecule has 0 saturated carbocycles. The molecule has 8 rings (SSSR count). The highest BCUT2D eigenvalue weighted by Gasteiger charge is 2.29. The van der Waals surface area contributed by atoms with E-state index < -0.39 is 22.1 Å². The molecule has 6 aromatic rings. The summed E-state index contributed by atoms with van der Waals surface area (Å²) in [5, 5.41) is 14.6. The fourth-order valence-corrected chi connectivity index (χ4v) is 6.70. The third-order valence-corrected chi connectivity index (χ3v) is 9.19. The summed E-state index contributed by atoms with van der Waals surface area (Å²) in [6.07, 6.45) is 2.81. The number of hydrogen-bond acceptors (Lipinski definition) is 10. The van der Waals surface area contributed by atoms with Crippen LogP contribution in [0.15, 0.2) is 56.2 Å². The first-order valence-electron chi connectivity index (χ1n) is 15.9. The fraction of sp³-hybridized carbons (Fsp3) is 0.333. The summed E-state index contributed by atoms with van der Waals surface area (Å²) in [4.78, 5) is 45.5. The third-order valence-electron chi connectivity index (χ3n) is 9.19. The fourth-order valence-electron chi connectivity index (χ4n) is 6.70. The molecular formula is C33H32FN7O7. The molecule has 0 aliphatic carbocycles. The number of fused-ring (bicyclic) bond motifs is 4. The van der Waals surface area contributed by atoms with Gasteiger partial charge in [0.05, 0.1) is 46.1 Å². The van der Waals surface area contributed by atoms with Gasteiger partial charge >= 0.3 is 0 Å². The number of nitrogens with one attached hydrogen (secondary N) is 2. The molecule has 1 atom stereocenters. The molecule has 4 N–H and O–H groups in total. The van der Waals surface area contributed by atoms with Gasteiger partial charge in [-0.05, 0) is 31.5 Å². The Morgan fingerprint density at radius 1 is 1.08 bits per heavy atom. The van der Waals surface area contributed by atoms with Gasteiger partial charge in [0, 0.05) is 63.2 Å². The second-order valence-corrected chi connectivity index (χ2v) is 12.3. The van der Waals surface area contributed by atoms with Crippen molar-refractivity contribution >= 4 is 67.1 Å². The topological polar surface area (TPSA) is 178 Å². The van der Waals surface area contributed by atoms with Crippen LogP contribution in [0.1, 0.15) is 23.2 Å². The van der Waals surface area contributed by atoms with Crippen molar-refractivity contribution in [3.05, 3.63) is 74.3 Å². The minimum absolute atomic E-state index is 0.0147. The molecule has 0 bridgehead atoms. The molecule has 1 amide bonds. The van der Waals surface area contributed by atoms with Crippen molar-refractivity contribution in [3.8, 4) is 0 Å². The Kier molecular flexibility index (Phi) is 7.38. The highest BCUT2D eigenvalue weighted by molar-refractivity contribution is 6.07. The van der Waals surface area contributed by atoms with E-state index >= 15 is 4.39 Å². The van der Waals surface area contributed by atoms with Crippen molar-refractivity contribution in [2.24, 2.45) is 5.73 Å². The molecule has 2 fully saturated rings. The second-order valence-electron chi connectivity index (χ2n) is 12.3. The molecule has 0 radical (unpaired) electrons. The van der Waals surface area contributed by atoms with Crippen LogP contribution in [0.4, 0.5) is 15.8 Å². The number of non-ortho nitro benzene ring substituents is 1. The lowest BCUT2D eigenvalue weighted by molar-refractivity contribution is -0.384. The van der Waals surface area contributed by atoms with E-state index in [-0.39, 0.29) is 39.5 Å². The van der Waals surface area contributed by atoms with Gasteiger partial charge in [-0.3, -0.25) is 24.6 Å². The molecule has 3 aromatic heterocycles. The van der Waals surface area contributed by atoms with Gasteiger partial charge < -0.3 is 38.9 Å². The molecule has 15 heteroatoms. The molecule has 2 aliphatic rings. The Labute approximate surface area is 270 Å². The van der Waals surface area contributed by atoms with Gasteiger partial charge in [-0.25, -0.2) is 4.39 Å². The van der Waals surface area contributed by atoms with Crippen LogP contribution >= 0.6 is 0 Å². The zero-order chi connectivity index (χ0) is 33.1. The summed E-state index contributed by atoms with van der Waals surface area (Å²) in [5.74, 6) is -1.17. The number of ether oxygens (including phenoxy) is 1. The van der Waals surface area contributed by atoms with Crippen LogP contribution in [0.5, 0.6) is 0 Å². The molecule has 48 heavy (non-hydrogen) atoms. The number of aromatic amines is 1. The van der Waals surface area contributed by atoms with Crippen LogP contribution in [0, 0.1) is 15.9 Å². The van der Waals surface area contributed by atoms with Gasteiger partial charge in [0.1, 0.15) is 16.8 Å². The number of H-pyrrole nitrogens is 1. The first-order chi connectivity index (χ1) is 23.2. The average molecular weight is 658 g/mol. The number of amides is 1. The summed E-state index contributed by atoms with van der Waals surface area (Å²) in [5.41, 5.74) is 8.06. The first kappa shape index (κ1) is 30.1. The Hall–Kier alpha value is -5.25. The average Bonchev–Trinajstić information content (AvgIpc) is 3.53. The molecular weight excluding hydrogens is 625 g/mol. The van der Waals surface area contributed by atoms with E-state index in [1.54, 1.807) is 22.6 Å². The standard InChI is InChI=1S/C33H32FN7O7/c34-22-13-20-30-32(29(22)36-5-1-6-38-8-10-46-11-9-38)48-28-14-24-27(47-26-12-19(41(44)45)2-3-23(26)37-24)15-25(28)40(30)17-21(31(20)42)33(43)39-7-4-18(35)16-39/h2-3,12-15,17-18,36-37H,1,4-11,16,35H2/t18-/m0/s1. The Balaban J connectivity index is 1.31. The van der Waals surface area contributed by atoms with Gasteiger partial charge in [-0.2, -0.15) is 0 Å². The Morgan fingerprint density at radius 3 is 2.67 bits per heavy atom. The van der Waals surface area contributed by atoms with Gasteiger partial charge in [0.15, 0.2) is 28.1 Å². The molecule has 0 unspecified atom stereocenters. The van der Waals surface area contributed by atoms with Gasteiger partial charge in [-0.15, -0.1) is 0 Å². The number of aromatic nitrogens is 2. The SMILES string of the molecule is N[C@H]1CCN(C(=O)c2cn3c4cc5oc6cc([N+](=O)[O-])ccc6[nH]c5cc4oc4c(NCCCN5CCOCC5)c(F)cc(c2=O)c43)C1. The number of nitro groups is 1. The van der Waals surface area contributed by atoms with E-state index in [0.717, 1.165) is 32.1 Å². The number of carbonyl (C=O) groups excluding carboxylic acids is 1. The molecule has 5 heterocycles. The number of rotatable bonds is 7. The normalized spacial score (nSPS) is 17.4. The van der Waals surface area contributed by atoms with E-state index in [2.05, 4.69) is 15.2 Å². The highest BCUT2D eigenvalue weighted by Crippen LogP contribution is 2.36. The summed E-state index contributed by atoms with van der Waals surface area (Å²) >= 11 is 0. The largest absolute Gasteiger partial charge is 0.453 e. The number of morpholine rings is 1. The van der Waals surface area contributed by atoms with Crippen LogP contribution in [-0.2, 0) is 4.74 Å². The number of benzene rings is 3. The maximum Gasteiger partial charge on any atom is 0.273 e. The number of carbonyl (C=O) groups is 1. The minimum Gasteiger partial charge on any atom is -0.453 e. The number of pyridine rings is 1. The van der Waals surface area contributed by atoms with Crippen molar-refractivity contribution in [2.45, 2.75) is 18.9 Å². The number of halogens is 1. The summed E-state index contributed by atoms with van der Waals surface area (Å²) in [7, 11) is 0. The van der Waals surface area contributed by atoms with Crippen molar-refractivity contribution in [1.29, 1.82) is 0 Å². The zero-order valence-electron chi connectivity index (χ0n) is 25.8. The lowest BCUT2D eigenvalue weighted by atomic mass is 10.1. The molecule has 14 nitrogen and oxygen atoms in total. The number of hydrogen-bond donors (Lipinski definition) is 3. The monoisotopic (exact) mass is 657 g/mol. The molecule has 2 saturated heterocycles. The third kappa shape index (κ3) is 5.16. The number of nitro benzene ring substituents is 1. The van der Waals surface area contributed by atoms with E-state index in [0.29, 0.717) is 72.5 Å². The van der Waals surface area contributed by atoms with E-state index in [1.165, 1.54) is 23.2 Å². The Bertz CT molecular complexity index is 2350. The maximum absolute atomic E-state index is 16.0. The van der Waals surface area contributed by atoms with Gasteiger partial charge in [0.25, 0.3) is 11.6 Å². The molecule has 0 spiro atoms. The van der Waals surface area contributed by atoms with E-state index in [1.807, 2.05) is 0 Å². The van der Waals surface area contributed by atoms with Crippen molar-refractivity contribution in [2.75, 3.05) is 57.8 Å². The number of nitrogens with two attached hydrogens (primary N) is 1. The van der Waals surface area contributed by atoms with Crippen LogP contribution in [0.25, 0.3) is 49.8 Å². The lowest BCUT2D eigenvalue weighted by Crippen LogP contribution is -2.37. The number of nitrogens with zero attached hydrogens (tertiary/aromatic N) is 4. The van der Waals surface area contributed by atoms with Gasteiger partial charge in [-0.1, -0.05) is 0 Å². The van der Waals surface area contributed by atoms with E-state index in [4.69, 9.17) is 19.3 Å². The minimum atomic E-state index is -0.682. The molecule has 248 valence electrons. The lowest BCUT2D eigenvalue weighted by Gasteiger charge is -2.26. The van der Waals surface area contributed by atoms with Crippen molar-refractivity contribution < 1.29 is 27.7 Å². The number of anilines is 1.